The first-order chi connectivity index (χ1) is 8.76. The van der Waals surface area contributed by atoms with Crippen molar-refractivity contribution in [3.05, 3.63) is 0 Å². The highest BCUT2D eigenvalue weighted by Gasteiger charge is 2.38. The molecular weight excluding hydrogens is 222 g/mol. The summed E-state index contributed by atoms with van der Waals surface area (Å²) >= 11 is 0. The van der Waals surface area contributed by atoms with Crippen LogP contribution in [0.4, 0.5) is 0 Å². The van der Waals surface area contributed by atoms with Gasteiger partial charge in [0.2, 0.25) is 0 Å². The monoisotopic (exact) mass is 253 g/mol. The van der Waals surface area contributed by atoms with Gasteiger partial charge in [0, 0.05) is 6.54 Å². The van der Waals surface area contributed by atoms with E-state index < -0.39 is 0 Å². The highest BCUT2D eigenvalue weighted by molar-refractivity contribution is 4.91. The van der Waals surface area contributed by atoms with E-state index >= 15 is 0 Å². The third kappa shape index (κ3) is 3.71. The van der Waals surface area contributed by atoms with E-state index in [1.807, 2.05) is 0 Å². The molecule has 0 amide bonds. The Bertz CT molecular complexity index is 235. The molecule has 0 heterocycles. The minimum atomic E-state index is 0.172. The molecule has 2 saturated carbocycles. The van der Waals surface area contributed by atoms with Gasteiger partial charge in [-0.05, 0) is 44.6 Å². The molecule has 2 atom stereocenters. The average molecular weight is 253 g/mol. The van der Waals surface area contributed by atoms with Gasteiger partial charge in [-0.1, -0.05) is 39.5 Å². The summed E-state index contributed by atoms with van der Waals surface area (Å²) < 4.78 is 6.64. The lowest BCUT2D eigenvalue weighted by atomic mass is 9.87. The topological polar surface area (TPSA) is 21.3 Å². The summed E-state index contributed by atoms with van der Waals surface area (Å²) in [5.41, 5.74) is 0.172. The molecule has 0 bridgehead atoms. The van der Waals surface area contributed by atoms with Crippen molar-refractivity contribution < 1.29 is 4.74 Å². The van der Waals surface area contributed by atoms with Crippen molar-refractivity contribution >= 4 is 0 Å². The molecule has 0 aromatic rings. The number of hydrogen-bond donors (Lipinski definition) is 1. The third-order valence-electron chi connectivity index (χ3n) is 4.82. The molecule has 1 N–H and O–H groups in total. The van der Waals surface area contributed by atoms with Crippen molar-refractivity contribution in [1.82, 2.24) is 5.32 Å². The van der Waals surface area contributed by atoms with E-state index in [0.29, 0.717) is 6.10 Å². The number of ether oxygens (including phenoxy) is 1. The minimum Gasteiger partial charge on any atom is -0.370 e. The van der Waals surface area contributed by atoms with Gasteiger partial charge in [0.25, 0.3) is 0 Å². The Morgan fingerprint density at radius 3 is 2.50 bits per heavy atom. The Morgan fingerprint density at radius 2 is 1.83 bits per heavy atom. The quantitative estimate of drug-likeness (QED) is 0.725. The zero-order valence-corrected chi connectivity index (χ0v) is 12.3. The average Bonchev–Trinajstić information content (AvgIpc) is 2.82. The van der Waals surface area contributed by atoms with Crippen LogP contribution in [-0.2, 0) is 4.74 Å². The van der Waals surface area contributed by atoms with Crippen LogP contribution in [0.3, 0.4) is 0 Å². The standard InChI is InChI=1S/C16H31NO/c1-3-12-17-13-16(10-6-7-11-16)18-15-9-5-4-8-14(15)2/h14-15,17H,3-13H2,1-2H3. The summed E-state index contributed by atoms with van der Waals surface area (Å²) in [6.07, 6.45) is 12.4. The molecule has 0 aromatic heterocycles. The van der Waals surface area contributed by atoms with Crippen LogP contribution in [-0.4, -0.2) is 24.8 Å². The highest BCUT2D eigenvalue weighted by Crippen LogP contribution is 2.38. The maximum atomic E-state index is 6.64. The number of nitrogens with one attached hydrogen (secondary N) is 1. The molecule has 2 aliphatic rings. The second-order valence-corrected chi connectivity index (χ2v) is 6.48. The normalized spacial score (nSPS) is 31.7. The van der Waals surface area contributed by atoms with Crippen LogP contribution in [0.5, 0.6) is 0 Å². The van der Waals surface area contributed by atoms with Gasteiger partial charge in [0.15, 0.2) is 0 Å². The van der Waals surface area contributed by atoms with Gasteiger partial charge in [0.05, 0.1) is 11.7 Å². The summed E-state index contributed by atoms with van der Waals surface area (Å²) in [5.74, 6) is 0.766. The minimum absolute atomic E-state index is 0.172. The van der Waals surface area contributed by atoms with Gasteiger partial charge in [-0.25, -0.2) is 0 Å². The smallest absolute Gasteiger partial charge is 0.0810 e. The maximum Gasteiger partial charge on any atom is 0.0810 e. The van der Waals surface area contributed by atoms with E-state index in [1.54, 1.807) is 0 Å². The van der Waals surface area contributed by atoms with Crippen LogP contribution >= 0.6 is 0 Å². The number of hydrogen-bond acceptors (Lipinski definition) is 2. The van der Waals surface area contributed by atoms with Gasteiger partial charge in [-0.15, -0.1) is 0 Å². The highest BCUT2D eigenvalue weighted by atomic mass is 16.5. The van der Waals surface area contributed by atoms with Gasteiger partial charge in [0.1, 0.15) is 0 Å². The SMILES string of the molecule is CCCNCC1(OC2CCCCC2C)CCCC1. The number of rotatable bonds is 6. The fraction of sp³-hybridized carbons (Fsp3) is 1.00. The van der Waals surface area contributed by atoms with Crippen molar-refractivity contribution in [2.75, 3.05) is 13.1 Å². The first-order valence-electron chi connectivity index (χ1n) is 8.14. The maximum absolute atomic E-state index is 6.64. The summed E-state index contributed by atoms with van der Waals surface area (Å²) in [4.78, 5) is 0. The molecular formula is C16H31NO. The second kappa shape index (κ2) is 6.91. The van der Waals surface area contributed by atoms with Crippen LogP contribution in [0.1, 0.15) is 71.6 Å². The van der Waals surface area contributed by atoms with Crippen LogP contribution in [0.25, 0.3) is 0 Å². The summed E-state index contributed by atoms with van der Waals surface area (Å²) in [7, 11) is 0. The van der Waals surface area contributed by atoms with E-state index in [-0.39, 0.29) is 5.60 Å². The molecule has 0 saturated heterocycles. The molecule has 0 spiro atoms. The predicted octanol–water partition coefficient (Wildman–Crippen LogP) is 3.89. The molecule has 2 fully saturated rings. The Labute approximate surface area is 113 Å². The van der Waals surface area contributed by atoms with Gasteiger partial charge in [-0.2, -0.15) is 0 Å². The van der Waals surface area contributed by atoms with E-state index in [4.69, 9.17) is 4.74 Å². The third-order valence-corrected chi connectivity index (χ3v) is 4.82. The first-order valence-corrected chi connectivity index (χ1v) is 8.14. The zero-order valence-electron chi connectivity index (χ0n) is 12.3. The Hall–Kier alpha value is -0.0800. The van der Waals surface area contributed by atoms with Crippen molar-refractivity contribution in [2.24, 2.45) is 5.92 Å². The van der Waals surface area contributed by atoms with Crippen LogP contribution < -0.4 is 5.32 Å². The summed E-state index contributed by atoms with van der Waals surface area (Å²) in [5, 5.41) is 3.60. The van der Waals surface area contributed by atoms with E-state index in [1.165, 1.54) is 57.8 Å². The molecule has 0 radical (unpaired) electrons. The van der Waals surface area contributed by atoms with Gasteiger partial charge >= 0.3 is 0 Å². The van der Waals surface area contributed by atoms with Gasteiger partial charge < -0.3 is 10.1 Å². The van der Waals surface area contributed by atoms with Crippen LogP contribution in [0, 0.1) is 5.92 Å². The van der Waals surface area contributed by atoms with E-state index in [0.717, 1.165) is 19.0 Å². The van der Waals surface area contributed by atoms with E-state index in [9.17, 15) is 0 Å². The van der Waals surface area contributed by atoms with Gasteiger partial charge in [-0.3, -0.25) is 0 Å². The largest absolute Gasteiger partial charge is 0.370 e. The molecule has 2 aliphatic carbocycles. The molecule has 2 rings (SSSR count). The fourth-order valence-corrected chi connectivity index (χ4v) is 3.63. The zero-order chi connectivity index (χ0) is 12.8. The fourth-order valence-electron chi connectivity index (χ4n) is 3.63. The lowest BCUT2D eigenvalue weighted by Crippen LogP contribution is -2.45. The lowest BCUT2D eigenvalue weighted by Gasteiger charge is -2.38. The predicted molar refractivity (Wildman–Crippen MR) is 76.9 cm³/mol. The van der Waals surface area contributed by atoms with Crippen molar-refractivity contribution in [2.45, 2.75) is 83.3 Å². The molecule has 2 unspecified atom stereocenters. The molecule has 0 aliphatic heterocycles. The van der Waals surface area contributed by atoms with Crippen molar-refractivity contribution in [3.63, 3.8) is 0 Å². The van der Waals surface area contributed by atoms with Crippen molar-refractivity contribution in [3.8, 4) is 0 Å². The Balaban J connectivity index is 1.88. The van der Waals surface area contributed by atoms with Crippen LogP contribution in [0.2, 0.25) is 0 Å². The second-order valence-electron chi connectivity index (χ2n) is 6.48. The molecule has 106 valence electrons. The molecule has 0 aromatic carbocycles. The van der Waals surface area contributed by atoms with Crippen LogP contribution in [0.15, 0.2) is 0 Å². The van der Waals surface area contributed by atoms with E-state index in [2.05, 4.69) is 19.2 Å². The summed E-state index contributed by atoms with van der Waals surface area (Å²) in [6.45, 7) is 6.82. The molecule has 2 nitrogen and oxygen atoms in total. The van der Waals surface area contributed by atoms with Crippen molar-refractivity contribution in [1.29, 1.82) is 0 Å². The summed E-state index contributed by atoms with van der Waals surface area (Å²) in [6, 6.07) is 0. The first kappa shape index (κ1) is 14.3. The Morgan fingerprint density at radius 1 is 1.11 bits per heavy atom. The molecule has 2 heteroatoms. The molecule has 18 heavy (non-hydrogen) atoms. The Kier molecular flexibility index (Phi) is 5.50. The lowest BCUT2D eigenvalue weighted by molar-refractivity contribution is -0.118.